The summed E-state index contributed by atoms with van der Waals surface area (Å²) in [5.41, 5.74) is 14.2. The number of nitrogens with zero attached hydrogens (tertiary/aromatic N) is 3. The fourth-order valence-electron chi connectivity index (χ4n) is 9.27. The van der Waals surface area contributed by atoms with E-state index in [1.54, 1.807) is 0 Å². The highest BCUT2D eigenvalue weighted by molar-refractivity contribution is 6.15. The van der Waals surface area contributed by atoms with Crippen LogP contribution in [0, 0.1) is 0 Å². The molecule has 284 valence electrons. The van der Waals surface area contributed by atoms with Crippen LogP contribution in [0.1, 0.15) is 0 Å². The van der Waals surface area contributed by atoms with E-state index in [2.05, 4.69) is 229 Å². The van der Waals surface area contributed by atoms with Crippen LogP contribution in [0.25, 0.3) is 116 Å². The Morgan fingerprint density at radius 3 is 1.54 bits per heavy atom. The molecule has 0 bridgehead atoms. The van der Waals surface area contributed by atoms with Gasteiger partial charge in [-0.3, -0.25) is 0 Å². The maximum atomic E-state index is 5.54. The quantitative estimate of drug-likeness (QED) is 0.168. The molecular weight excluding hydrogens is 739 g/mol. The first kappa shape index (κ1) is 34.9. The van der Waals surface area contributed by atoms with Crippen LogP contribution >= 0.6 is 0 Å². The zero-order valence-electron chi connectivity index (χ0n) is 33.2. The highest BCUT2D eigenvalue weighted by Crippen LogP contribution is 2.42. The molecule has 12 rings (SSSR count). The van der Waals surface area contributed by atoms with Crippen molar-refractivity contribution in [2.45, 2.75) is 0 Å². The summed E-state index contributed by atoms with van der Waals surface area (Å²) < 4.78 is 2.43. The zero-order valence-corrected chi connectivity index (χ0v) is 33.2. The molecule has 0 aliphatic heterocycles. The Morgan fingerprint density at radius 1 is 0.295 bits per heavy atom. The van der Waals surface area contributed by atoms with Crippen molar-refractivity contribution in [3.8, 4) is 61.7 Å². The molecule has 0 N–H and O–H groups in total. The predicted octanol–water partition coefficient (Wildman–Crippen LogP) is 15.4. The lowest BCUT2D eigenvalue weighted by Gasteiger charge is -2.17. The van der Waals surface area contributed by atoms with Crippen molar-refractivity contribution in [2.75, 3.05) is 0 Å². The van der Waals surface area contributed by atoms with E-state index in [1.165, 1.54) is 43.7 Å². The van der Waals surface area contributed by atoms with E-state index in [4.69, 9.17) is 9.97 Å². The van der Waals surface area contributed by atoms with Gasteiger partial charge in [-0.25, -0.2) is 9.97 Å². The molecule has 0 amide bonds. The first-order chi connectivity index (χ1) is 30.2. The molecule has 2 aromatic heterocycles. The Kier molecular flexibility index (Phi) is 8.17. The van der Waals surface area contributed by atoms with Gasteiger partial charge in [0.25, 0.3) is 0 Å². The Hall–Kier alpha value is -8.14. The van der Waals surface area contributed by atoms with E-state index >= 15 is 0 Å². The molecule has 0 atom stereocenters. The van der Waals surface area contributed by atoms with Gasteiger partial charge >= 0.3 is 0 Å². The molecule has 0 saturated heterocycles. The summed E-state index contributed by atoms with van der Waals surface area (Å²) in [7, 11) is 0. The Morgan fingerprint density at radius 2 is 0.836 bits per heavy atom. The van der Waals surface area contributed by atoms with Crippen LogP contribution in [0.3, 0.4) is 0 Å². The van der Waals surface area contributed by atoms with Crippen molar-refractivity contribution in [2.24, 2.45) is 0 Å². The van der Waals surface area contributed by atoms with Gasteiger partial charge in [0.05, 0.1) is 27.9 Å². The normalized spacial score (nSPS) is 11.6. The van der Waals surface area contributed by atoms with E-state index in [1.807, 2.05) is 0 Å². The second-order valence-corrected chi connectivity index (χ2v) is 15.7. The van der Waals surface area contributed by atoms with Gasteiger partial charge in [0.2, 0.25) is 0 Å². The van der Waals surface area contributed by atoms with Crippen LogP contribution in [0.4, 0.5) is 0 Å². The number of hydrogen-bond acceptors (Lipinski definition) is 2. The van der Waals surface area contributed by atoms with E-state index in [9.17, 15) is 0 Å². The monoisotopic (exact) mass is 775 g/mol. The minimum Gasteiger partial charge on any atom is -0.309 e. The summed E-state index contributed by atoms with van der Waals surface area (Å²) >= 11 is 0. The third-order valence-corrected chi connectivity index (χ3v) is 12.2. The summed E-state index contributed by atoms with van der Waals surface area (Å²) in [5, 5.41) is 8.18. The van der Waals surface area contributed by atoms with Gasteiger partial charge in [0.1, 0.15) is 0 Å². The first-order valence-corrected chi connectivity index (χ1v) is 20.8. The van der Waals surface area contributed by atoms with Crippen molar-refractivity contribution >= 4 is 54.3 Å². The highest BCUT2D eigenvalue weighted by Gasteiger charge is 2.21. The number of aromatic nitrogens is 3. The maximum absolute atomic E-state index is 5.54. The van der Waals surface area contributed by atoms with Crippen molar-refractivity contribution in [1.29, 1.82) is 0 Å². The standard InChI is InChI=1S/C58H37N3/c1-4-16-38(17-5-1)39-28-30-42(31-29-39)57-52-36-49(40-18-6-2-7-19-40)50(41-20-8-3-9-21-41)37-53(52)59-58(60-57)48-32-33-55(46-25-13-12-24-45(46)48)61-54-27-15-14-26-47(54)51-34-43-22-10-11-23-44(43)35-56(51)61/h1-37H. The van der Waals surface area contributed by atoms with E-state index in [0.717, 1.165) is 66.4 Å². The van der Waals surface area contributed by atoms with Crippen LogP contribution in [-0.4, -0.2) is 14.5 Å². The molecule has 10 aromatic carbocycles. The van der Waals surface area contributed by atoms with Gasteiger partial charge in [-0.05, 0) is 92.0 Å². The van der Waals surface area contributed by atoms with Gasteiger partial charge in [-0.2, -0.15) is 0 Å². The van der Waals surface area contributed by atoms with Crippen LogP contribution in [0.15, 0.2) is 224 Å². The SMILES string of the molecule is c1ccc(-c2ccc(-c3nc(-c4ccc(-n5c6ccccc6c6cc7ccccc7cc65)c5ccccc45)nc4cc(-c5ccccc5)c(-c5ccccc5)cc34)cc2)cc1. The van der Waals surface area contributed by atoms with E-state index in [0.29, 0.717) is 5.82 Å². The molecule has 3 heteroatoms. The minimum absolute atomic E-state index is 0.692. The molecular formula is C58H37N3. The molecule has 3 nitrogen and oxygen atoms in total. The second-order valence-electron chi connectivity index (χ2n) is 15.7. The summed E-state index contributed by atoms with van der Waals surface area (Å²) in [6.07, 6.45) is 0. The number of rotatable bonds is 6. The summed E-state index contributed by atoms with van der Waals surface area (Å²) in [6.45, 7) is 0. The van der Waals surface area contributed by atoms with Crippen LogP contribution in [0.5, 0.6) is 0 Å². The molecule has 0 saturated carbocycles. The smallest absolute Gasteiger partial charge is 0.161 e. The summed E-state index contributed by atoms with van der Waals surface area (Å²) in [6, 6.07) is 80.4. The Bertz CT molecular complexity index is 3610. The van der Waals surface area contributed by atoms with Crippen LogP contribution in [-0.2, 0) is 0 Å². The zero-order chi connectivity index (χ0) is 40.3. The number of fused-ring (bicyclic) bond motifs is 6. The van der Waals surface area contributed by atoms with Crippen LogP contribution in [0.2, 0.25) is 0 Å². The second kappa shape index (κ2) is 14.3. The van der Waals surface area contributed by atoms with Gasteiger partial charge in [0.15, 0.2) is 5.82 Å². The van der Waals surface area contributed by atoms with Gasteiger partial charge < -0.3 is 4.57 Å². The molecule has 0 radical (unpaired) electrons. The van der Waals surface area contributed by atoms with Crippen molar-refractivity contribution < 1.29 is 0 Å². The average molecular weight is 776 g/mol. The summed E-state index contributed by atoms with van der Waals surface area (Å²) in [4.78, 5) is 11.0. The fourth-order valence-corrected chi connectivity index (χ4v) is 9.27. The van der Waals surface area contributed by atoms with Crippen LogP contribution < -0.4 is 0 Å². The molecule has 61 heavy (non-hydrogen) atoms. The largest absolute Gasteiger partial charge is 0.309 e. The lowest BCUT2D eigenvalue weighted by molar-refractivity contribution is 1.19. The summed E-state index contributed by atoms with van der Waals surface area (Å²) in [5.74, 6) is 0.692. The minimum atomic E-state index is 0.692. The Balaban J connectivity index is 1.11. The Labute approximate surface area is 353 Å². The van der Waals surface area contributed by atoms with Gasteiger partial charge in [-0.1, -0.05) is 182 Å². The van der Waals surface area contributed by atoms with Crippen molar-refractivity contribution in [1.82, 2.24) is 14.5 Å². The number of benzene rings is 10. The fraction of sp³-hybridized carbons (Fsp3) is 0. The molecule has 12 aromatic rings. The molecule has 0 fully saturated rings. The maximum Gasteiger partial charge on any atom is 0.161 e. The lowest BCUT2D eigenvalue weighted by atomic mass is 9.91. The van der Waals surface area contributed by atoms with E-state index < -0.39 is 0 Å². The topological polar surface area (TPSA) is 30.7 Å². The molecule has 0 unspecified atom stereocenters. The molecule has 0 aliphatic rings. The molecule has 2 heterocycles. The third kappa shape index (κ3) is 5.90. The van der Waals surface area contributed by atoms with Gasteiger partial charge in [-0.15, -0.1) is 0 Å². The average Bonchev–Trinajstić information content (AvgIpc) is 3.65. The number of para-hydroxylation sites is 1. The lowest BCUT2D eigenvalue weighted by Crippen LogP contribution is -2.00. The first-order valence-electron chi connectivity index (χ1n) is 20.8. The van der Waals surface area contributed by atoms with Crippen molar-refractivity contribution in [3.63, 3.8) is 0 Å². The van der Waals surface area contributed by atoms with Crippen molar-refractivity contribution in [3.05, 3.63) is 224 Å². The third-order valence-electron chi connectivity index (χ3n) is 12.2. The molecule has 0 spiro atoms. The highest BCUT2D eigenvalue weighted by atomic mass is 15.0. The number of hydrogen-bond donors (Lipinski definition) is 0. The van der Waals surface area contributed by atoms with Gasteiger partial charge in [0, 0.05) is 32.7 Å². The predicted molar refractivity (Wildman–Crippen MR) is 256 cm³/mol. The van der Waals surface area contributed by atoms with E-state index in [-0.39, 0.29) is 0 Å². The molecule has 0 aliphatic carbocycles.